The zero-order chi connectivity index (χ0) is 17.4. The number of benzene rings is 2. The quantitative estimate of drug-likeness (QED) is 0.809. The number of carbonyl (C=O) groups excluding carboxylic acids is 1. The number of nitrogens with one attached hydrogen (secondary N) is 1. The molecule has 2 aromatic carbocycles. The molecular formula is C19H23NO4. The van der Waals surface area contributed by atoms with Crippen molar-refractivity contribution in [1.82, 2.24) is 5.32 Å². The average molecular weight is 329 g/mol. The van der Waals surface area contributed by atoms with Crippen molar-refractivity contribution in [3.8, 4) is 17.2 Å². The summed E-state index contributed by atoms with van der Waals surface area (Å²) in [5, 5.41) is 2.93. The largest absolute Gasteiger partial charge is 0.497 e. The van der Waals surface area contributed by atoms with Gasteiger partial charge in [0, 0.05) is 0 Å². The van der Waals surface area contributed by atoms with Crippen molar-refractivity contribution >= 4 is 5.91 Å². The van der Waals surface area contributed by atoms with Crippen molar-refractivity contribution in [3.05, 3.63) is 54.1 Å². The molecule has 0 spiro atoms. The number of amides is 1. The van der Waals surface area contributed by atoms with Gasteiger partial charge in [0.2, 0.25) is 5.91 Å². The summed E-state index contributed by atoms with van der Waals surface area (Å²) in [6.07, 6.45) is 0.330. The van der Waals surface area contributed by atoms with Crippen LogP contribution < -0.4 is 19.5 Å². The van der Waals surface area contributed by atoms with Crippen LogP contribution in [0.25, 0.3) is 0 Å². The third-order valence-corrected chi connectivity index (χ3v) is 3.49. The molecule has 0 saturated heterocycles. The van der Waals surface area contributed by atoms with Crippen LogP contribution in [0.5, 0.6) is 17.2 Å². The number of hydrogen-bond acceptors (Lipinski definition) is 4. The Balaban J connectivity index is 1.75. The Morgan fingerprint density at radius 3 is 1.96 bits per heavy atom. The highest BCUT2D eigenvalue weighted by Crippen LogP contribution is 2.17. The van der Waals surface area contributed by atoms with Crippen LogP contribution in [0.15, 0.2) is 48.5 Å². The molecule has 128 valence electrons. The van der Waals surface area contributed by atoms with Crippen LogP contribution in [0.1, 0.15) is 12.5 Å². The molecule has 5 nitrogen and oxygen atoms in total. The van der Waals surface area contributed by atoms with Crippen LogP contribution in [0.3, 0.4) is 0 Å². The molecule has 0 aliphatic rings. The summed E-state index contributed by atoms with van der Waals surface area (Å²) in [6, 6.07) is 14.7. The van der Waals surface area contributed by atoms with Crippen molar-refractivity contribution in [1.29, 1.82) is 0 Å². The first kappa shape index (κ1) is 17.7. The van der Waals surface area contributed by atoms with Gasteiger partial charge in [-0.05, 0) is 48.9 Å². The molecule has 1 amide bonds. The van der Waals surface area contributed by atoms with E-state index < -0.39 is 0 Å². The van der Waals surface area contributed by atoms with Crippen molar-refractivity contribution in [2.45, 2.75) is 19.4 Å². The summed E-state index contributed by atoms with van der Waals surface area (Å²) >= 11 is 0. The molecule has 0 heterocycles. The monoisotopic (exact) mass is 329 g/mol. The van der Waals surface area contributed by atoms with Crippen molar-refractivity contribution < 1.29 is 19.0 Å². The first-order valence-electron chi connectivity index (χ1n) is 7.80. The molecule has 0 aromatic heterocycles. The van der Waals surface area contributed by atoms with E-state index in [9.17, 15) is 4.79 Å². The highest BCUT2D eigenvalue weighted by atomic mass is 16.5. The van der Waals surface area contributed by atoms with Gasteiger partial charge in [0.25, 0.3) is 0 Å². The van der Waals surface area contributed by atoms with Crippen LogP contribution in [-0.2, 0) is 11.2 Å². The molecule has 24 heavy (non-hydrogen) atoms. The van der Waals surface area contributed by atoms with Gasteiger partial charge < -0.3 is 19.5 Å². The predicted octanol–water partition coefficient (Wildman–Crippen LogP) is 2.83. The van der Waals surface area contributed by atoms with E-state index in [2.05, 4.69) is 5.32 Å². The molecule has 0 unspecified atom stereocenters. The molecule has 0 radical (unpaired) electrons. The molecular weight excluding hydrogens is 306 g/mol. The van der Waals surface area contributed by atoms with Gasteiger partial charge in [0.15, 0.2) is 0 Å². The van der Waals surface area contributed by atoms with Crippen LogP contribution in [-0.4, -0.2) is 32.8 Å². The molecule has 0 aliphatic carbocycles. The summed E-state index contributed by atoms with van der Waals surface area (Å²) in [5.74, 6) is 2.27. The Hall–Kier alpha value is -2.69. The molecule has 5 heteroatoms. The summed E-state index contributed by atoms with van der Waals surface area (Å²) in [7, 11) is 3.24. The third kappa shape index (κ3) is 5.50. The topological polar surface area (TPSA) is 56.8 Å². The average Bonchev–Trinajstić information content (AvgIpc) is 2.61. The zero-order valence-corrected chi connectivity index (χ0v) is 14.2. The SMILES string of the molecule is COc1ccc(CC(=O)N[C@H](C)COc2ccc(OC)cc2)cc1. The molecule has 1 atom stereocenters. The summed E-state index contributed by atoms with van der Waals surface area (Å²) in [4.78, 5) is 12.1. The van der Waals surface area contributed by atoms with E-state index >= 15 is 0 Å². The minimum Gasteiger partial charge on any atom is -0.497 e. The van der Waals surface area contributed by atoms with Crippen molar-refractivity contribution in [2.75, 3.05) is 20.8 Å². The standard InChI is InChI=1S/C19H23NO4/c1-14(13-24-18-10-8-17(23-3)9-11-18)20-19(21)12-15-4-6-16(22-2)7-5-15/h4-11,14H,12-13H2,1-3H3,(H,20,21)/t14-/m1/s1. The van der Waals surface area contributed by atoms with Gasteiger partial charge in [-0.1, -0.05) is 12.1 Å². The Bertz CT molecular complexity index is 637. The number of hydrogen-bond donors (Lipinski definition) is 1. The van der Waals surface area contributed by atoms with E-state index in [0.29, 0.717) is 13.0 Å². The van der Waals surface area contributed by atoms with Crippen molar-refractivity contribution in [3.63, 3.8) is 0 Å². The lowest BCUT2D eigenvalue weighted by molar-refractivity contribution is -0.121. The number of carbonyl (C=O) groups is 1. The van der Waals surface area contributed by atoms with E-state index in [1.165, 1.54) is 0 Å². The molecule has 0 bridgehead atoms. The number of rotatable bonds is 8. The van der Waals surface area contributed by atoms with E-state index in [1.807, 2.05) is 55.5 Å². The molecule has 2 rings (SSSR count). The maximum Gasteiger partial charge on any atom is 0.224 e. The van der Waals surface area contributed by atoms with Crippen LogP contribution >= 0.6 is 0 Å². The second-order valence-electron chi connectivity index (χ2n) is 5.48. The summed E-state index contributed by atoms with van der Waals surface area (Å²) in [6.45, 7) is 2.32. The van der Waals surface area contributed by atoms with Gasteiger partial charge in [0.05, 0.1) is 26.7 Å². The second kappa shape index (κ2) is 8.82. The highest BCUT2D eigenvalue weighted by Gasteiger charge is 2.09. The summed E-state index contributed by atoms with van der Waals surface area (Å²) in [5.41, 5.74) is 0.941. The molecule has 2 aromatic rings. The maximum absolute atomic E-state index is 12.1. The minimum absolute atomic E-state index is 0.0361. The Morgan fingerprint density at radius 2 is 1.42 bits per heavy atom. The first-order valence-corrected chi connectivity index (χ1v) is 7.80. The molecule has 0 saturated carbocycles. The minimum atomic E-state index is -0.0853. The number of ether oxygens (including phenoxy) is 3. The van der Waals surface area contributed by atoms with E-state index in [1.54, 1.807) is 14.2 Å². The fraction of sp³-hybridized carbons (Fsp3) is 0.316. The predicted molar refractivity (Wildman–Crippen MR) is 92.8 cm³/mol. The van der Waals surface area contributed by atoms with E-state index in [0.717, 1.165) is 22.8 Å². The fourth-order valence-corrected chi connectivity index (χ4v) is 2.19. The number of methoxy groups -OCH3 is 2. The lowest BCUT2D eigenvalue weighted by Crippen LogP contribution is -2.37. The zero-order valence-electron chi connectivity index (χ0n) is 14.2. The summed E-state index contributed by atoms with van der Waals surface area (Å²) < 4.78 is 15.9. The highest BCUT2D eigenvalue weighted by molar-refractivity contribution is 5.78. The van der Waals surface area contributed by atoms with Crippen LogP contribution in [0.2, 0.25) is 0 Å². The van der Waals surface area contributed by atoms with E-state index in [4.69, 9.17) is 14.2 Å². The molecule has 0 fully saturated rings. The second-order valence-corrected chi connectivity index (χ2v) is 5.48. The van der Waals surface area contributed by atoms with Gasteiger partial charge in [-0.25, -0.2) is 0 Å². The van der Waals surface area contributed by atoms with Gasteiger partial charge in [-0.3, -0.25) is 4.79 Å². The maximum atomic E-state index is 12.1. The van der Waals surface area contributed by atoms with Gasteiger partial charge in [-0.15, -0.1) is 0 Å². The third-order valence-electron chi connectivity index (χ3n) is 3.49. The lowest BCUT2D eigenvalue weighted by Gasteiger charge is -2.15. The van der Waals surface area contributed by atoms with Gasteiger partial charge in [0.1, 0.15) is 23.9 Å². The first-order chi connectivity index (χ1) is 11.6. The van der Waals surface area contributed by atoms with Crippen molar-refractivity contribution in [2.24, 2.45) is 0 Å². The normalized spacial score (nSPS) is 11.5. The Kier molecular flexibility index (Phi) is 6.49. The lowest BCUT2D eigenvalue weighted by atomic mass is 10.1. The molecule has 1 N–H and O–H groups in total. The van der Waals surface area contributed by atoms with Crippen LogP contribution in [0.4, 0.5) is 0 Å². The Labute approximate surface area is 142 Å². The van der Waals surface area contributed by atoms with Gasteiger partial charge in [-0.2, -0.15) is 0 Å². The Morgan fingerprint density at radius 1 is 0.917 bits per heavy atom. The molecule has 0 aliphatic heterocycles. The van der Waals surface area contributed by atoms with Crippen LogP contribution in [0, 0.1) is 0 Å². The van der Waals surface area contributed by atoms with Gasteiger partial charge >= 0.3 is 0 Å². The van der Waals surface area contributed by atoms with E-state index in [-0.39, 0.29) is 11.9 Å². The smallest absolute Gasteiger partial charge is 0.224 e. The fourth-order valence-electron chi connectivity index (χ4n) is 2.19.